The van der Waals surface area contributed by atoms with Crippen molar-refractivity contribution >= 4 is 5.97 Å². The van der Waals surface area contributed by atoms with E-state index in [9.17, 15) is 4.79 Å². The first kappa shape index (κ1) is 7.54. The molecule has 0 amide bonds. The highest BCUT2D eigenvalue weighted by Gasteiger charge is 2.47. The first-order valence-electron chi connectivity index (χ1n) is 3.35. The van der Waals surface area contributed by atoms with Crippen LogP contribution in [-0.4, -0.2) is 17.4 Å². The minimum absolute atomic E-state index is 0.111. The van der Waals surface area contributed by atoms with Crippen LogP contribution in [0.25, 0.3) is 0 Å². The number of rotatable bonds is 0. The van der Waals surface area contributed by atoms with Crippen molar-refractivity contribution < 1.29 is 14.6 Å². The zero-order valence-electron chi connectivity index (χ0n) is 6.42. The highest BCUT2D eigenvalue weighted by atomic mass is 16.6. The van der Waals surface area contributed by atoms with Gasteiger partial charge in [-0.2, -0.15) is 0 Å². The summed E-state index contributed by atoms with van der Waals surface area (Å²) in [6.45, 7) is 5.35. The summed E-state index contributed by atoms with van der Waals surface area (Å²) in [6, 6.07) is 0. The molecule has 1 aliphatic rings. The number of hydrogen-bond donors (Lipinski definition) is 1. The molecule has 2 atom stereocenters. The summed E-state index contributed by atoms with van der Waals surface area (Å²) >= 11 is 0. The van der Waals surface area contributed by atoms with Crippen molar-refractivity contribution in [1.29, 1.82) is 0 Å². The second-order valence-electron chi connectivity index (χ2n) is 3.31. The molecule has 0 aromatic carbocycles. The number of ether oxygens (including phenoxy) is 1. The predicted octanol–water partition coefficient (Wildman–Crippen LogP) is 0.524. The number of esters is 1. The second-order valence-corrected chi connectivity index (χ2v) is 3.31. The van der Waals surface area contributed by atoms with E-state index < -0.39 is 11.7 Å². The summed E-state index contributed by atoms with van der Waals surface area (Å²) in [5.74, 6) is -0.424. The lowest BCUT2D eigenvalue weighted by Crippen LogP contribution is -2.25. The van der Waals surface area contributed by atoms with Gasteiger partial charge in [0.15, 0.2) is 0 Å². The maximum absolute atomic E-state index is 10.9. The number of aliphatic hydroxyl groups is 1. The van der Waals surface area contributed by atoms with Gasteiger partial charge < -0.3 is 9.84 Å². The molecule has 0 spiro atoms. The van der Waals surface area contributed by atoms with Crippen LogP contribution in [0.3, 0.4) is 0 Å². The Kier molecular flexibility index (Phi) is 1.47. The Morgan fingerprint density at radius 1 is 1.60 bits per heavy atom. The van der Waals surface area contributed by atoms with Gasteiger partial charge in [-0.1, -0.05) is 6.92 Å². The Balaban J connectivity index is 2.85. The molecule has 0 aromatic heterocycles. The van der Waals surface area contributed by atoms with Crippen molar-refractivity contribution in [3.63, 3.8) is 0 Å². The third-order valence-electron chi connectivity index (χ3n) is 2.32. The topological polar surface area (TPSA) is 46.5 Å². The van der Waals surface area contributed by atoms with Crippen LogP contribution in [0.1, 0.15) is 20.8 Å². The van der Waals surface area contributed by atoms with E-state index in [2.05, 4.69) is 4.74 Å². The lowest BCUT2D eigenvalue weighted by Gasteiger charge is -2.17. The average molecular weight is 144 g/mol. The third kappa shape index (κ3) is 0.814. The van der Waals surface area contributed by atoms with Crippen molar-refractivity contribution in [1.82, 2.24) is 0 Å². The molecule has 1 N–H and O–H groups in total. The van der Waals surface area contributed by atoms with Gasteiger partial charge in [-0.15, -0.1) is 0 Å². The number of aliphatic hydroxyl groups excluding tert-OH is 1. The fourth-order valence-electron chi connectivity index (χ4n) is 0.906. The van der Waals surface area contributed by atoms with E-state index in [-0.39, 0.29) is 11.9 Å². The molecule has 1 heterocycles. The number of carbonyl (C=O) groups is 1. The maximum Gasteiger partial charge on any atom is 0.314 e. The van der Waals surface area contributed by atoms with Gasteiger partial charge >= 0.3 is 5.97 Å². The molecular weight excluding hydrogens is 132 g/mol. The minimum Gasteiger partial charge on any atom is -0.435 e. The zero-order chi connectivity index (χ0) is 7.94. The average Bonchev–Trinajstić information content (AvgIpc) is 1.97. The normalized spacial score (nSPS) is 37.8. The Bertz CT molecular complexity index is 162. The van der Waals surface area contributed by atoms with Crippen molar-refractivity contribution in [3.05, 3.63) is 0 Å². The summed E-state index contributed by atoms with van der Waals surface area (Å²) in [5.41, 5.74) is -0.528. The first-order valence-corrected chi connectivity index (χ1v) is 3.35. The van der Waals surface area contributed by atoms with Gasteiger partial charge in [-0.25, -0.2) is 0 Å². The van der Waals surface area contributed by atoms with E-state index in [1.54, 1.807) is 20.8 Å². The monoisotopic (exact) mass is 144 g/mol. The fraction of sp³-hybridized carbons (Fsp3) is 0.857. The standard InChI is InChI=1S/C7H12O3/c1-4-5(8)10-6(9)7(4,2)3/h4-5,8H,1-3H3/t4-,5+/m0/s1. The van der Waals surface area contributed by atoms with Crippen LogP contribution in [0.2, 0.25) is 0 Å². The van der Waals surface area contributed by atoms with E-state index in [4.69, 9.17) is 5.11 Å². The molecule has 0 aliphatic carbocycles. The second kappa shape index (κ2) is 1.95. The van der Waals surface area contributed by atoms with Crippen LogP contribution in [0.4, 0.5) is 0 Å². The van der Waals surface area contributed by atoms with Crippen molar-refractivity contribution in [2.24, 2.45) is 11.3 Å². The van der Waals surface area contributed by atoms with Gasteiger partial charge in [0.2, 0.25) is 6.29 Å². The highest BCUT2D eigenvalue weighted by molar-refractivity contribution is 5.78. The van der Waals surface area contributed by atoms with Crippen molar-refractivity contribution in [2.45, 2.75) is 27.1 Å². The molecule has 0 radical (unpaired) electrons. The van der Waals surface area contributed by atoms with Crippen LogP contribution in [0, 0.1) is 11.3 Å². The lowest BCUT2D eigenvalue weighted by molar-refractivity contribution is -0.158. The summed E-state index contributed by atoms with van der Waals surface area (Å²) in [7, 11) is 0. The quantitative estimate of drug-likeness (QED) is 0.504. The molecule has 1 fully saturated rings. The van der Waals surface area contributed by atoms with Crippen LogP contribution in [0.15, 0.2) is 0 Å². The van der Waals surface area contributed by atoms with Gasteiger partial charge in [0, 0.05) is 5.92 Å². The van der Waals surface area contributed by atoms with Crippen molar-refractivity contribution in [3.8, 4) is 0 Å². The summed E-state index contributed by atoms with van der Waals surface area (Å²) in [4.78, 5) is 10.9. The smallest absolute Gasteiger partial charge is 0.314 e. The number of carbonyl (C=O) groups excluding carboxylic acids is 1. The Morgan fingerprint density at radius 2 is 2.10 bits per heavy atom. The molecule has 3 heteroatoms. The minimum atomic E-state index is -0.914. The molecule has 58 valence electrons. The Labute approximate surface area is 60.0 Å². The summed E-state index contributed by atoms with van der Waals surface area (Å²) in [6.07, 6.45) is -0.914. The van der Waals surface area contributed by atoms with Crippen LogP contribution in [0.5, 0.6) is 0 Å². The van der Waals surface area contributed by atoms with E-state index >= 15 is 0 Å². The Morgan fingerprint density at radius 3 is 2.20 bits per heavy atom. The molecule has 0 bridgehead atoms. The van der Waals surface area contributed by atoms with Gasteiger partial charge in [-0.05, 0) is 13.8 Å². The van der Waals surface area contributed by atoms with E-state index in [0.717, 1.165) is 0 Å². The van der Waals surface area contributed by atoms with Crippen LogP contribution >= 0.6 is 0 Å². The molecule has 1 saturated heterocycles. The van der Waals surface area contributed by atoms with Gasteiger partial charge in [0.05, 0.1) is 5.41 Å². The SMILES string of the molecule is C[C@H]1[C@H](O)OC(=O)C1(C)C. The zero-order valence-corrected chi connectivity index (χ0v) is 6.42. The number of hydrogen-bond acceptors (Lipinski definition) is 3. The largest absolute Gasteiger partial charge is 0.435 e. The van der Waals surface area contributed by atoms with Gasteiger partial charge in [0.1, 0.15) is 0 Å². The first-order chi connectivity index (χ1) is 4.46. The van der Waals surface area contributed by atoms with Crippen LogP contribution in [-0.2, 0) is 9.53 Å². The molecule has 1 rings (SSSR count). The summed E-state index contributed by atoms with van der Waals surface area (Å²) < 4.78 is 4.61. The van der Waals surface area contributed by atoms with Crippen molar-refractivity contribution in [2.75, 3.05) is 0 Å². The third-order valence-corrected chi connectivity index (χ3v) is 2.32. The molecular formula is C7H12O3. The predicted molar refractivity (Wildman–Crippen MR) is 35.0 cm³/mol. The van der Waals surface area contributed by atoms with E-state index in [1.807, 2.05) is 0 Å². The molecule has 0 unspecified atom stereocenters. The maximum atomic E-state index is 10.9. The van der Waals surface area contributed by atoms with Gasteiger partial charge in [0.25, 0.3) is 0 Å². The van der Waals surface area contributed by atoms with Gasteiger partial charge in [-0.3, -0.25) is 4.79 Å². The lowest BCUT2D eigenvalue weighted by atomic mass is 9.82. The number of cyclic esters (lactones) is 1. The molecule has 0 aromatic rings. The Hall–Kier alpha value is -0.570. The fourth-order valence-corrected chi connectivity index (χ4v) is 0.906. The summed E-state index contributed by atoms with van der Waals surface area (Å²) in [5, 5.41) is 9.06. The molecule has 3 nitrogen and oxygen atoms in total. The molecule has 10 heavy (non-hydrogen) atoms. The molecule has 1 aliphatic heterocycles. The van der Waals surface area contributed by atoms with Crippen LogP contribution < -0.4 is 0 Å². The van der Waals surface area contributed by atoms with E-state index in [0.29, 0.717) is 0 Å². The van der Waals surface area contributed by atoms with E-state index in [1.165, 1.54) is 0 Å². The highest BCUT2D eigenvalue weighted by Crippen LogP contribution is 2.37. The molecule has 0 saturated carbocycles.